The lowest BCUT2D eigenvalue weighted by Crippen LogP contribution is -2.48. The Hall–Kier alpha value is -1.49. The summed E-state index contributed by atoms with van der Waals surface area (Å²) in [5, 5.41) is 0. The van der Waals surface area contributed by atoms with Gasteiger partial charge in [-0.25, -0.2) is 8.78 Å². The average molecular weight is 269 g/mol. The van der Waals surface area contributed by atoms with Crippen LogP contribution in [0, 0.1) is 5.92 Å². The minimum absolute atomic E-state index is 0.310. The highest BCUT2D eigenvalue weighted by molar-refractivity contribution is 5.72. The number of alkyl halides is 2. The number of hydrogen-bond donors (Lipinski definition) is 0. The number of carbonyl (C=O) groups excluding carboxylic acids is 1. The predicted octanol–water partition coefficient (Wildman–Crippen LogP) is 2.32. The predicted molar refractivity (Wildman–Crippen MR) is 66.8 cm³/mol. The average Bonchev–Trinajstić information content (AvgIpc) is 2.37. The van der Waals surface area contributed by atoms with Crippen LogP contribution in [-0.4, -0.2) is 37.0 Å². The first-order valence-corrected chi connectivity index (χ1v) is 6.22. The lowest BCUT2D eigenvalue weighted by atomic mass is 9.95. The van der Waals surface area contributed by atoms with Gasteiger partial charge in [0.1, 0.15) is 0 Å². The van der Waals surface area contributed by atoms with Crippen LogP contribution in [0.2, 0.25) is 0 Å². The fourth-order valence-corrected chi connectivity index (χ4v) is 2.48. The Morgan fingerprint density at radius 2 is 2.11 bits per heavy atom. The Kier molecular flexibility index (Phi) is 4.14. The normalized spacial score (nSPS) is 23.0. The molecule has 1 aliphatic heterocycles. The van der Waals surface area contributed by atoms with E-state index in [9.17, 15) is 13.6 Å². The van der Waals surface area contributed by atoms with Crippen LogP contribution in [0.3, 0.4) is 0 Å². The molecular formula is C14H17F2NO2. The smallest absolute Gasteiger partial charge is 0.310 e. The summed E-state index contributed by atoms with van der Waals surface area (Å²) in [4.78, 5) is 13.1. The summed E-state index contributed by atoms with van der Waals surface area (Å²) in [6, 6.07) is 9.40. The minimum atomic E-state index is -2.84. The fraction of sp³-hybridized carbons (Fsp3) is 0.500. The van der Waals surface area contributed by atoms with Crippen molar-refractivity contribution < 1.29 is 18.3 Å². The highest BCUT2D eigenvalue weighted by Crippen LogP contribution is 2.31. The monoisotopic (exact) mass is 269 g/mol. The molecule has 2 rings (SSSR count). The van der Waals surface area contributed by atoms with Gasteiger partial charge in [0.2, 0.25) is 0 Å². The maximum Gasteiger partial charge on any atom is 0.310 e. The highest BCUT2D eigenvalue weighted by Gasteiger charge is 2.43. The molecule has 1 aliphatic rings. The molecule has 0 spiro atoms. The first kappa shape index (κ1) is 13.9. The Labute approximate surface area is 111 Å². The zero-order valence-corrected chi connectivity index (χ0v) is 10.8. The molecule has 19 heavy (non-hydrogen) atoms. The first-order chi connectivity index (χ1) is 9.00. The highest BCUT2D eigenvalue weighted by atomic mass is 19.3. The summed E-state index contributed by atoms with van der Waals surface area (Å²) in [5.74, 6) is -4.15. The van der Waals surface area contributed by atoms with Gasteiger partial charge in [-0.3, -0.25) is 9.69 Å². The third kappa shape index (κ3) is 3.73. The number of halogens is 2. The second-order valence-corrected chi connectivity index (χ2v) is 4.94. The molecule has 0 aromatic heterocycles. The zero-order chi connectivity index (χ0) is 13.9. The third-order valence-corrected chi connectivity index (χ3v) is 3.26. The molecule has 0 amide bonds. The molecule has 0 saturated carbocycles. The number of nitrogens with zero attached hydrogens (tertiary/aromatic N) is 1. The molecule has 1 fully saturated rings. The van der Waals surface area contributed by atoms with Crippen molar-refractivity contribution in [2.45, 2.75) is 18.9 Å². The summed E-state index contributed by atoms with van der Waals surface area (Å²) in [6.07, 6.45) is -0.426. The zero-order valence-electron chi connectivity index (χ0n) is 10.8. The lowest BCUT2D eigenvalue weighted by molar-refractivity contribution is -0.157. The molecule has 3 nitrogen and oxygen atoms in total. The van der Waals surface area contributed by atoms with Crippen LogP contribution in [0.1, 0.15) is 12.0 Å². The molecule has 5 heteroatoms. The van der Waals surface area contributed by atoms with E-state index >= 15 is 0 Å². The van der Waals surface area contributed by atoms with Gasteiger partial charge in [0.25, 0.3) is 5.92 Å². The van der Waals surface area contributed by atoms with E-state index in [2.05, 4.69) is 4.74 Å². The summed E-state index contributed by atoms with van der Waals surface area (Å²) >= 11 is 0. The minimum Gasteiger partial charge on any atom is -0.469 e. The van der Waals surface area contributed by atoms with Crippen LogP contribution in [0.5, 0.6) is 0 Å². The SMILES string of the molecule is COC(=O)C1CN(Cc2ccccc2)CC(F)(F)C1. The van der Waals surface area contributed by atoms with Crippen LogP contribution in [0.4, 0.5) is 8.78 Å². The van der Waals surface area contributed by atoms with Gasteiger partial charge in [0, 0.05) is 19.5 Å². The van der Waals surface area contributed by atoms with E-state index < -0.39 is 24.2 Å². The number of methoxy groups -OCH3 is 1. The van der Waals surface area contributed by atoms with E-state index in [1.807, 2.05) is 30.3 Å². The van der Waals surface area contributed by atoms with E-state index in [0.29, 0.717) is 13.1 Å². The number of hydrogen-bond acceptors (Lipinski definition) is 3. The van der Waals surface area contributed by atoms with E-state index in [4.69, 9.17) is 0 Å². The van der Waals surface area contributed by atoms with E-state index in [0.717, 1.165) is 5.56 Å². The largest absolute Gasteiger partial charge is 0.469 e. The van der Waals surface area contributed by atoms with Crippen LogP contribution in [-0.2, 0) is 16.1 Å². The molecule has 1 aromatic rings. The molecule has 0 bridgehead atoms. The maximum atomic E-state index is 13.7. The fourth-order valence-electron chi connectivity index (χ4n) is 2.48. The number of rotatable bonds is 3. The van der Waals surface area contributed by atoms with Crippen molar-refractivity contribution in [1.82, 2.24) is 4.90 Å². The molecule has 1 unspecified atom stereocenters. The second-order valence-electron chi connectivity index (χ2n) is 4.94. The molecule has 0 aliphatic carbocycles. The van der Waals surface area contributed by atoms with Crippen molar-refractivity contribution in [3.63, 3.8) is 0 Å². The van der Waals surface area contributed by atoms with Gasteiger partial charge in [-0.2, -0.15) is 0 Å². The van der Waals surface area contributed by atoms with Crippen LogP contribution < -0.4 is 0 Å². The lowest BCUT2D eigenvalue weighted by Gasteiger charge is -2.36. The molecule has 104 valence electrons. The van der Waals surface area contributed by atoms with Crippen LogP contribution in [0.15, 0.2) is 30.3 Å². The molecule has 0 N–H and O–H groups in total. The number of carbonyl (C=O) groups is 1. The summed E-state index contributed by atoms with van der Waals surface area (Å²) in [6.45, 7) is 0.427. The quantitative estimate of drug-likeness (QED) is 0.789. The number of benzene rings is 1. The van der Waals surface area contributed by atoms with Crippen molar-refractivity contribution in [2.24, 2.45) is 5.92 Å². The molecular weight excluding hydrogens is 252 g/mol. The Morgan fingerprint density at radius 1 is 1.42 bits per heavy atom. The van der Waals surface area contributed by atoms with Gasteiger partial charge < -0.3 is 4.74 Å². The van der Waals surface area contributed by atoms with Crippen molar-refractivity contribution in [2.75, 3.05) is 20.2 Å². The van der Waals surface area contributed by atoms with Crippen molar-refractivity contribution in [3.05, 3.63) is 35.9 Å². The van der Waals surface area contributed by atoms with Gasteiger partial charge in [0.15, 0.2) is 0 Å². The summed E-state index contributed by atoms with van der Waals surface area (Å²) in [5.41, 5.74) is 0.962. The van der Waals surface area contributed by atoms with Crippen LogP contribution >= 0.6 is 0 Å². The topological polar surface area (TPSA) is 29.5 Å². The van der Waals surface area contributed by atoms with E-state index in [1.54, 1.807) is 4.90 Å². The third-order valence-electron chi connectivity index (χ3n) is 3.26. The summed E-state index contributed by atoms with van der Waals surface area (Å²) in [7, 11) is 1.23. The Balaban J connectivity index is 2.06. The number of ether oxygens (including phenoxy) is 1. The second kappa shape index (κ2) is 5.65. The first-order valence-electron chi connectivity index (χ1n) is 6.22. The van der Waals surface area contributed by atoms with Gasteiger partial charge in [-0.05, 0) is 5.56 Å². The maximum absolute atomic E-state index is 13.7. The van der Waals surface area contributed by atoms with Gasteiger partial charge >= 0.3 is 5.97 Å². The van der Waals surface area contributed by atoms with Crippen molar-refractivity contribution in [1.29, 1.82) is 0 Å². The van der Waals surface area contributed by atoms with Gasteiger partial charge in [-0.1, -0.05) is 30.3 Å². The molecule has 1 heterocycles. The van der Waals surface area contributed by atoms with Crippen molar-refractivity contribution in [3.8, 4) is 0 Å². The standard InChI is InChI=1S/C14H17F2NO2/c1-19-13(18)12-7-14(15,16)10-17(9-12)8-11-5-3-2-4-6-11/h2-6,12H,7-10H2,1H3. The Bertz CT molecular complexity index is 436. The Morgan fingerprint density at radius 3 is 2.74 bits per heavy atom. The van der Waals surface area contributed by atoms with E-state index in [-0.39, 0.29) is 6.54 Å². The van der Waals surface area contributed by atoms with Crippen molar-refractivity contribution >= 4 is 5.97 Å². The molecule has 1 saturated heterocycles. The van der Waals surface area contributed by atoms with Crippen LogP contribution in [0.25, 0.3) is 0 Å². The summed E-state index contributed by atoms with van der Waals surface area (Å²) < 4.78 is 31.9. The molecule has 1 aromatic carbocycles. The van der Waals surface area contributed by atoms with Gasteiger partial charge in [0.05, 0.1) is 19.6 Å². The number of piperidine rings is 1. The number of esters is 1. The molecule has 0 radical (unpaired) electrons. The van der Waals surface area contributed by atoms with E-state index in [1.165, 1.54) is 7.11 Å². The molecule has 1 atom stereocenters. The number of likely N-dealkylation sites (tertiary alicyclic amines) is 1. The van der Waals surface area contributed by atoms with Gasteiger partial charge in [-0.15, -0.1) is 0 Å².